The summed E-state index contributed by atoms with van der Waals surface area (Å²) in [4.78, 5) is 4.68. The molecule has 2 heterocycles. The van der Waals surface area contributed by atoms with E-state index in [-0.39, 0.29) is 12.1 Å². The fraction of sp³-hybridized carbons (Fsp3) is 0.455. The number of rotatable bonds is 3. The highest BCUT2D eigenvalue weighted by Gasteiger charge is 2.47. The van der Waals surface area contributed by atoms with E-state index in [9.17, 15) is 8.42 Å². The second-order valence-electron chi connectivity index (χ2n) is 8.25. The van der Waals surface area contributed by atoms with E-state index in [2.05, 4.69) is 46.6 Å². The van der Waals surface area contributed by atoms with Crippen LogP contribution in [0.3, 0.4) is 0 Å². The van der Waals surface area contributed by atoms with Crippen molar-refractivity contribution in [3.8, 4) is 0 Å². The number of nitrogens with one attached hydrogen (secondary N) is 1. The number of sulfonamides is 1. The van der Waals surface area contributed by atoms with Crippen molar-refractivity contribution in [1.82, 2.24) is 9.62 Å². The molecule has 2 aliphatic rings. The fourth-order valence-corrected chi connectivity index (χ4v) is 6.84. The van der Waals surface area contributed by atoms with Gasteiger partial charge in [0.2, 0.25) is 10.0 Å². The molecule has 0 amide bonds. The van der Waals surface area contributed by atoms with Crippen LogP contribution in [0.15, 0.2) is 42.5 Å². The zero-order chi connectivity index (χ0) is 20.8. The number of hydrogen-bond donors (Lipinski definition) is 1. The normalized spacial score (nSPS) is 27.3. The van der Waals surface area contributed by atoms with E-state index in [0.29, 0.717) is 5.02 Å². The Balaban J connectivity index is 1.49. The van der Waals surface area contributed by atoms with Crippen LogP contribution >= 0.6 is 11.6 Å². The molecule has 0 aromatic heterocycles. The zero-order valence-electron chi connectivity index (χ0n) is 17.1. The third-order valence-corrected chi connectivity index (χ3v) is 8.40. The van der Waals surface area contributed by atoms with Gasteiger partial charge in [-0.25, -0.2) is 8.42 Å². The summed E-state index contributed by atoms with van der Waals surface area (Å²) in [7, 11) is -3.43. The number of anilines is 1. The molecule has 3 unspecified atom stereocenters. The Bertz CT molecular complexity index is 986. The first-order valence-electron chi connectivity index (χ1n) is 10.1. The maximum Gasteiger partial charge on any atom is 0.220 e. The van der Waals surface area contributed by atoms with Crippen molar-refractivity contribution in [3.05, 3.63) is 64.2 Å². The standard InChI is InChI=1S/C22H28ClN3O2S/c1-15-4-5-16(2)20(14-15)25-10-12-26(13-11-25)22-17(3)21(29(27,28)24-22)18-6-8-19(23)9-7-18/h4-9,14,17,21-22,24H,10-13H2,1-3H3. The van der Waals surface area contributed by atoms with Gasteiger partial charge in [0.15, 0.2) is 0 Å². The SMILES string of the molecule is Cc1ccc(C)c(N2CCN(C3NS(=O)(=O)C(c4ccc(Cl)cc4)C3C)CC2)c1. The van der Waals surface area contributed by atoms with E-state index in [1.54, 1.807) is 12.1 Å². The summed E-state index contributed by atoms with van der Waals surface area (Å²) >= 11 is 5.98. The molecule has 5 nitrogen and oxygen atoms in total. The zero-order valence-corrected chi connectivity index (χ0v) is 18.7. The van der Waals surface area contributed by atoms with Gasteiger partial charge in [0.25, 0.3) is 0 Å². The minimum Gasteiger partial charge on any atom is -0.369 e. The molecule has 156 valence electrons. The lowest BCUT2D eigenvalue weighted by Gasteiger charge is -2.40. The van der Waals surface area contributed by atoms with Crippen molar-refractivity contribution in [3.63, 3.8) is 0 Å². The molecule has 2 fully saturated rings. The lowest BCUT2D eigenvalue weighted by Crippen LogP contribution is -2.55. The highest BCUT2D eigenvalue weighted by atomic mass is 35.5. The first kappa shape index (κ1) is 20.7. The molecule has 4 rings (SSSR count). The van der Waals surface area contributed by atoms with Crippen LogP contribution in [0.1, 0.15) is 28.9 Å². The molecule has 0 bridgehead atoms. The van der Waals surface area contributed by atoms with Crippen molar-refractivity contribution >= 4 is 27.3 Å². The van der Waals surface area contributed by atoms with E-state index in [1.807, 2.05) is 19.1 Å². The molecular formula is C22H28ClN3O2S. The topological polar surface area (TPSA) is 52.6 Å². The summed E-state index contributed by atoms with van der Waals surface area (Å²) in [6.45, 7) is 9.73. The Morgan fingerprint density at radius 1 is 1.00 bits per heavy atom. The van der Waals surface area contributed by atoms with Crippen LogP contribution in [0, 0.1) is 19.8 Å². The van der Waals surface area contributed by atoms with Crippen LogP contribution in [0.2, 0.25) is 5.02 Å². The molecule has 29 heavy (non-hydrogen) atoms. The van der Waals surface area contributed by atoms with Gasteiger partial charge in [-0.1, -0.05) is 42.8 Å². The quantitative estimate of drug-likeness (QED) is 0.801. The van der Waals surface area contributed by atoms with E-state index >= 15 is 0 Å². The average molecular weight is 434 g/mol. The molecule has 1 N–H and O–H groups in total. The van der Waals surface area contributed by atoms with Gasteiger partial charge in [-0.15, -0.1) is 0 Å². The predicted octanol–water partition coefficient (Wildman–Crippen LogP) is 3.72. The molecule has 0 aliphatic carbocycles. The van der Waals surface area contributed by atoms with Gasteiger partial charge in [0, 0.05) is 42.8 Å². The summed E-state index contributed by atoms with van der Waals surface area (Å²) in [5.74, 6) is -0.0477. The van der Waals surface area contributed by atoms with Gasteiger partial charge in [-0.2, -0.15) is 4.72 Å². The maximum atomic E-state index is 12.9. The third kappa shape index (κ3) is 4.04. The van der Waals surface area contributed by atoms with Crippen LogP contribution in [0.4, 0.5) is 5.69 Å². The van der Waals surface area contributed by atoms with Gasteiger partial charge < -0.3 is 4.90 Å². The lowest BCUT2D eigenvalue weighted by atomic mass is 9.97. The van der Waals surface area contributed by atoms with Gasteiger partial charge in [-0.05, 0) is 48.7 Å². The fourth-order valence-electron chi connectivity index (χ4n) is 4.64. The molecule has 2 aromatic carbocycles. The minimum atomic E-state index is -3.43. The average Bonchev–Trinajstić information content (AvgIpc) is 2.94. The number of hydrogen-bond acceptors (Lipinski definition) is 4. The number of nitrogens with zero attached hydrogens (tertiary/aromatic N) is 2. The van der Waals surface area contributed by atoms with Crippen LogP contribution in [-0.2, 0) is 10.0 Å². The van der Waals surface area contributed by atoms with Crippen molar-refractivity contribution in [2.45, 2.75) is 32.2 Å². The highest BCUT2D eigenvalue weighted by molar-refractivity contribution is 7.90. The molecule has 2 aliphatic heterocycles. The molecule has 0 saturated carbocycles. The van der Waals surface area contributed by atoms with E-state index in [0.717, 1.165) is 31.7 Å². The Labute approximate surface area is 178 Å². The molecule has 0 spiro atoms. The molecule has 2 aromatic rings. The Morgan fingerprint density at radius 3 is 2.31 bits per heavy atom. The molecule has 3 atom stereocenters. The van der Waals surface area contributed by atoms with Crippen LogP contribution in [-0.4, -0.2) is 45.7 Å². The summed E-state index contributed by atoms with van der Waals surface area (Å²) < 4.78 is 28.7. The second kappa shape index (κ2) is 7.91. The van der Waals surface area contributed by atoms with Crippen molar-refractivity contribution in [1.29, 1.82) is 0 Å². The lowest BCUT2D eigenvalue weighted by molar-refractivity contribution is 0.140. The van der Waals surface area contributed by atoms with Crippen LogP contribution in [0.5, 0.6) is 0 Å². The number of piperazine rings is 1. The first-order chi connectivity index (χ1) is 13.8. The molecule has 2 saturated heterocycles. The smallest absolute Gasteiger partial charge is 0.220 e. The van der Waals surface area contributed by atoms with E-state index in [4.69, 9.17) is 11.6 Å². The van der Waals surface area contributed by atoms with E-state index in [1.165, 1.54) is 16.8 Å². The second-order valence-corrected chi connectivity index (χ2v) is 10.5. The van der Waals surface area contributed by atoms with Gasteiger partial charge in [-0.3, -0.25) is 4.90 Å². The van der Waals surface area contributed by atoms with Gasteiger partial charge >= 0.3 is 0 Å². The predicted molar refractivity (Wildman–Crippen MR) is 119 cm³/mol. The van der Waals surface area contributed by atoms with Crippen molar-refractivity contribution < 1.29 is 8.42 Å². The molecular weight excluding hydrogens is 406 g/mol. The number of benzene rings is 2. The summed E-state index contributed by atoms with van der Waals surface area (Å²) in [5, 5.41) is 0.0608. The van der Waals surface area contributed by atoms with E-state index < -0.39 is 15.3 Å². The van der Waals surface area contributed by atoms with Crippen molar-refractivity contribution in [2.75, 3.05) is 31.1 Å². The van der Waals surface area contributed by atoms with Crippen LogP contribution in [0.25, 0.3) is 0 Å². The number of aryl methyl sites for hydroxylation is 2. The van der Waals surface area contributed by atoms with Crippen LogP contribution < -0.4 is 9.62 Å². The molecule has 7 heteroatoms. The summed E-state index contributed by atoms with van der Waals surface area (Å²) in [5.41, 5.74) is 4.62. The largest absolute Gasteiger partial charge is 0.369 e. The minimum absolute atomic E-state index is 0.0477. The Morgan fingerprint density at radius 2 is 1.66 bits per heavy atom. The first-order valence-corrected chi connectivity index (χ1v) is 12.0. The number of halogens is 1. The summed E-state index contributed by atoms with van der Waals surface area (Å²) in [6.07, 6.45) is -0.179. The van der Waals surface area contributed by atoms with Gasteiger partial charge in [0.05, 0.1) is 6.17 Å². The van der Waals surface area contributed by atoms with Gasteiger partial charge in [0.1, 0.15) is 5.25 Å². The molecule has 0 radical (unpaired) electrons. The monoisotopic (exact) mass is 433 g/mol. The van der Waals surface area contributed by atoms with Crippen molar-refractivity contribution in [2.24, 2.45) is 5.92 Å². The highest BCUT2D eigenvalue weighted by Crippen LogP contribution is 2.39. The summed E-state index contributed by atoms with van der Waals surface area (Å²) in [6, 6.07) is 13.7. The third-order valence-electron chi connectivity index (χ3n) is 6.21. The Hall–Kier alpha value is -1.60. The maximum absolute atomic E-state index is 12.9. The Kier molecular flexibility index (Phi) is 5.64.